The molecule has 0 saturated heterocycles. The first-order valence-corrected chi connectivity index (χ1v) is 8.35. The van der Waals surface area contributed by atoms with Crippen LogP contribution in [0.3, 0.4) is 0 Å². The second-order valence-electron chi connectivity index (χ2n) is 5.40. The second-order valence-corrected chi connectivity index (χ2v) is 6.55. The lowest BCUT2D eigenvalue weighted by atomic mass is 10.0. The summed E-state index contributed by atoms with van der Waals surface area (Å²) in [6, 6.07) is 0.783. The van der Waals surface area contributed by atoms with E-state index in [9.17, 15) is 0 Å². The van der Waals surface area contributed by atoms with Gasteiger partial charge in [0.2, 0.25) is 0 Å². The SMILES string of the molecule is CCCNC1CCCC1CCSCC(C)CO. The summed E-state index contributed by atoms with van der Waals surface area (Å²) in [6.45, 7) is 5.87. The van der Waals surface area contributed by atoms with Gasteiger partial charge in [-0.2, -0.15) is 11.8 Å². The van der Waals surface area contributed by atoms with E-state index in [0.717, 1.165) is 17.7 Å². The van der Waals surface area contributed by atoms with Gasteiger partial charge in [0.15, 0.2) is 0 Å². The quantitative estimate of drug-likeness (QED) is 0.625. The first-order valence-electron chi connectivity index (χ1n) is 7.19. The highest BCUT2D eigenvalue weighted by Gasteiger charge is 2.25. The Morgan fingerprint density at radius 3 is 2.94 bits per heavy atom. The van der Waals surface area contributed by atoms with Gasteiger partial charge in [0.25, 0.3) is 0 Å². The molecule has 1 aliphatic carbocycles. The fraction of sp³-hybridized carbons (Fsp3) is 1.00. The van der Waals surface area contributed by atoms with Crippen LogP contribution < -0.4 is 5.32 Å². The van der Waals surface area contributed by atoms with Crippen molar-refractivity contribution in [1.82, 2.24) is 5.32 Å². The van der Waals surface area contributed by atoms with Crippen molar-refractivity contribution in [3.63, 3.8) is 0 Å². The van der Waals surface area contributed by atoms with E-state index in [0.29, 0.717) is 12.5 Å². The van der Waals surface area contributed by atoms with Gasteiger partial charge in [-0.3, -0.25) is 0 Å². The van der Waals surface area contributed by atoms with Crippen LogP contribution >= 0.6 is 11.8 Å². The zero-order chi connectivity index (χ0) is 12.5. The molecule has 102 valence electrons. The van der Waals surface area contributed by atoms with Crippen LogP contribution in [0.4, 0.5) is 0 Å². The van der Waals surface area contributed by atoms with Crippen LogP contribution in [0, 0.1) is 11.8 Å². The van der Waals surface area contributed by atoms with E-state index < -0.39 is 0 Å². The molecule has 1 saturated carbocycles. The third-order valence-electron chi connectivity index (χ3n) is 3.66. The molecule has 3 heteroatoms. The summed E-state index contributed by atoms with van der Waals surface area (Å²) in [5.41, 5.74) is 0. The van der Waals surface area contributed by atoms with Crippen molar-refractivity contribution in [3.05, 3.63) is 0 Å². The van der Waals surface area contributed by atoms with E-state index >= 15 is 0 Å². The third kappa shape index (κ3) is 6.12. The maximum Gasteiger partial charge on any atom is 0.0464 e. The Morgan fingerprint density at radius 1 is 1.41 bits per heavy atom. The Hall–Kier alpha value is 0.270. The van der Waals surface area contributed by atoms with Gasteiger partial charge in [-0.1, -0.05) is 20.3 Å². The second kappa shape index (κ2) is 9.23. The van der Waals surface area contributed by atoms with Crippen LogP contribution in [-0.2, 0) is 0 Å². The Kier molecular flexibility index (Phi) is 8.33. The number of thioether (sulfide) groups is 1. The minimum Gasteiger partial charge on any atom is -0.396 e. The van der Waals surface area contributed by atoms with Gasteiger partial charge >= 0.3 is 0 Å². The summed E-state index contributed by atoms with van der Waals surface area (Å²) in [7, 11) is 0. The molecule has 0 heterocycles. The van der Waals surface area contributed by atoms with Crippen molar-refractivity contribution in [2.24, 2.45) is 11.8 Å². The van der Waals surface area contributed by atoms with Crippen LogP contribution in [-0.4, -0.2) is 35.8 Å². The summed E-state index contributed by atoms with van der Waals surface area (Å²) < 4.78 is 0. The predicted molar refractivity (Wildman–Crippen MR) is 77.6 cm³/mol. The van der Waals surface area contributed by atoms with Gasteiger partial charge in [0.05, 0.1) is 0 Å². The Morgan fingerprint density at radius 2 is 2.24 bits per heavy atom. The Labute approximate surface area is 111 Å². The Bertz CT molecular complexity index is 189. The number of hydrogen-bond donors (Lipinski definition) is 2. The monoisotopic (exact) mass is 259 g/mol. The van der Waals surface area contributed by atoms with Crippen molar-refractivity contribution < 1.29 is 5.11 Å². The molecule has 3 atom stereocenters. The zero-order valence-electron chi connectivity index (χ0n) is 11.5. The highest BCUT2D eigenvalue weighted by atomic mass is 32.2. The zero-order valence-corrected chi connectivity index (χ0v) is 12.3. The van der Waals surface area contributed by atoms with Crippen LogP contribution in [0.25, 0.3) is 0 Å². The molecule has 1 fully saturated rings. The molecule has 0 bridgehead atoms. The van der Waals surface area contributed by atoms with Gasteiger partial charge in [0.1, 0.15) is 0 Å². The number of hydrogen-bond acceptors (Lipinski definition) is 3. The van der Waals surface area contributed by atoms with E-state index in [-0.39, 0.29) is 0 Å². The van der Waals surface area contributed by atoms with Crippen LogP contribution in [0.15, 0.2) is 0 Å². The molecular weight excluding hydrogens is 230 g/mol. The minimum atomic E-state index is 0.330. The molecule has 1 aliphatic rings. The highest BCUT2D eigenvalue weighted by molar-refractivity contribution is 7.99. The number of aliphatic hydroxyl groups is 1. The van der Waals surface area contributed by atoms with Crippen molar-refractivity contribution in [2.75, 3.05) is 24.7 Å². The number of aliphatic hydroxyl groups excluding tert-OH is 1. The molecular formula is C14H29NOS. The predicted octanol–water partition coefficient (Wildman–Crippen LogP) is 2.91. The molecule has 0 spiro atoms. The molecule has 0 aliphatic heterocycles. The molecule has 0 radical (unpaired) electrons. The van der Waals surface area contributed by atoms with E-state index in [4.69, 9.17) is 5.11 Å². The lowest BCUT2D eigenvalue weighted by Gasteiger charge is -2.20. The summed E-state index contributed by atoms with van der Waals surface area (Å²) in [5, 5.41) is 12.7. The van der Waals surface area contributed by atoms with E-state index in [1.54, 1.807) is 0 Å². The van der Waals surface area contributed by atoms with Gasteiger partial charge in [-0.05, 0) is 55.6 Å². The molecule has 2 nitrogen and oxygen atoms in total. The maximum absolute atomic E-state index is 8.96. The van der Waals surface area contributed by atoms with Gasteiger partial charge in [0, 0.05) is 12.6 Å². The molecule has 0 aromatic carbocycles. The summed E-state index contributed by atoms with van der Waals surface area (Å²) in [5.74, 6) is 3.73. The van der Waals surface area contributed by atoms with Gasteiger partial charge < -0.3 is 10.4 Å². The Balaban J connectivity index is 2.08. The highest BCUT2D eigenvalue weighted by Crippen LogP contribution is 2.29. The smallest absolute Gasteiger partial charge is 0.0464 e. The van der Waals surface area contributed by atoms with Gasteiger partial charge in [-0.25, -0.2) is 0 Å². The molecule has 1 rings (SSSR count). The van der Waals surface area contributed by atoms with E-state index in [1.165, 1.54) is 44.4 Å². The first-order chi connectivity index (χ1) is 8.27. The van der Waals surface area contributed by atoms with Crippen LogP contribution in [0.1, 0.15) is 46.0 Å². The molecule has 0 aromatic rings. The largest absolute Gasteiger partial charge is 0.396 e. The topological polar surface area (TPSA) is 32.3 Å². The first kappa shape index (κ1) is 15.3. The maximum atomic E-state index is 8.96. The lowest BCUT2D eigenvalue weighted by molar-refractivity contribution is 0.250. The third-order valence-corrected chi connectivity index (χ3v) is 4.99. The molecule has 3 unspecified atom stereocenters. The molecule has 0 amide bonds. The molecule has 2 N–H and O–H groups in total. The summed E-state index contributed by atoms with van der Waals surface area (Å²) >= 11 is 2.01. The van der Waals surface area contributed by atoms with Crippen LogP contribution in [0.2, 0.25) is 0 Å². The number of nitrogens with one attached hydrogen (secondary N) is 1. The van der Waals surface area contributed by atoms with Crippen molar-refractivity contribution in [3.8, 4) is 0 Å². The summed E-state index contributed by atoms with van der Waals surface area (Å²) in [4.78, 5) is 0. The minimum absolute atomic E-state index is 0.330. The molecule has 17 heavy (non-hydrogen) atoms. The fourth-order valence-corrected chi connectivity index (χ4v) is 3.70. The standard InChI is InChI=1S/C14H29NOS/c1-3-8-15-14-6-4-5-13(14)7-9-17-11-12(2)10-16/h12-16H,3-11H2,1-2H3. The van der Waals surface area contributed by atoms with Crippen LogP contribution in [0.5, 0.6) is 0 Å². The van der Waals surface area contributed by atoms with Crippen molar-refractivity contribution in [1.29, 1.82) is 0 Å². The van der Waals surface area contributed by atoms with E-state index in [1.807, 2.05) is 11.8 Å². The average Bonchev–Trinajstić information content (AvgIpc) is 2.79. The van der Waals surface area contributed by atoms with Gasteiger partial charge in [-0.15, -0.1) is 0 Å². The molecule has 0 aromatic heterocycles. The van der Waals surface area contributed by atoms with Crippen molar-refractivity contribution >= 4 is 11.8 Å². The number of rotatable bonds is 9. The average molecular weight is 259 g/mol. The van der Waals surface area contributed by atoms with E-state index in [2.05, 4.69) is 19.2 Å². The lowest BCUT2D eigenvalue weighted by Crippen LogP contribution is -2.33. The summed E-state index contributed by atoms with van der Waals surface area (Å²) in [6.07, 6.45) is 6.79. The normalized spacial score (nSPS) is 26.3. The van der Waals surface area contributed by atoms with Crippen molar-refractivity contribution in [2.45, 2.75) is 52.0 Å². The fourth-order valence-electron chi connectivity index (χ4n) is 2.55.